The third kappa shape index (κ3) is 3.14. The van der Waals surface area contributed by atoms with Gasteiger partial charge < -0.3 is 16.0 Å². The molecule has 1 aliphatic rings. The first-order valence-electron chi connectivity index (χ1n) is 6.44. The van der Waals surface area contributed by atoms with Gasteiger partial charge >= 0.3 is 0 Å². The molecule has 1 aliphatic heterocycles. The Hall–Kier alpha value is -2.38. The van der Waals surface area contributed by atoms with Crippen LogP contribution in [0.1, 0.15) is 19.8 Å². The van der Waals surface area contributed by atoms with Crippen molar-refractivity contribution in [3.8, 4) is 0 Å². The summed E-state index contributed by atoms with van der Waals surface area (Å²) < 4.78 is 0. The van der Waals surface area contributed by atoms with Crippen molar-refractivity contribution in [2.45, 2.75) is 25.8 Å². The summed E-state index contributed by atoms with van der Waals surface area (Å²) in [4.78, 5) is 28.1. The molecule has 1 unspecified atom stereocenters. The topological polar surface area (TPSA) is 114 Å². The second-order valence-electron chi connectivity index (χ2n) is 4.79. The van der Waals surface area contributed by atoms with Crippen molar-refractivity contribution < 1.29 is 9.72 Å². The lowest BCUT2D eigenvalue weighted by Crippen LogP contribution is -2.39. The molecule has 1 saturated heterocycles. The number of nitrogens with two attached hydrogens (primary N) is 1. The van der Waals surface area contributed by atoms with Gasteiger partial charge in [0.25, 0.3) is 5.69 Å². The van der Waals surface area contributed by atoms with Gasteiger partial charge in [0, 0.05) is 13.1 Å². The number of carbonyl (C=O) groups is 1. The molecule has 1 atom stereocenters. The van der Waals surface area contributed by atoms with E-state index in [1.54, 1.807) is 11.8 Å². The third-order valence-electron chi connectivity index (χ3n) is 3.19. The van der Waals surface area contributed by atoms with Gasteiger partial charge in [0.15, 0.2) is 0 Å². The zero-order valence-corrected chi connectivity index (χ0v) is 11.2. The molecule has 20 heavy (non-hydrogen) atoms. The van der Waals surface area contributed by atoms with E-state index in [2.05, 4.69) is 10.3 Å². The molecule has 108 valence electrons. The Balaban J connectivity index is 2.08. The lowest BCUT2D eigenvalue weighted by Gasteiger charge is -2.21. The minimum atomic E-state index is -0.545. The van der Waals surface area contributed by atoms with Crippen molar-refractivity contribution >= 4 is 23.2 Å². The van der Waals surface area contributed by atoms with Gasteiger partial charge in [-0.1, -0.05) is 0 Å². The number of hydrogen-bond donors (Lipinski definition) is 2. The van der Waals surface area contributed by atoms with Crippen LogP contribution in [0.4, 0.5) is 17.3 Å². The van der Waals surface area contributed by atoms with E-state index in [1.165, 1.54) is 12.1 Å². The van der Waals surface area contributed by atoms with E-state index in [9.17, 15) is 14.9 Å². The van der Waals surface area contributed by atoms with Crippen LogP contribution in [0.15, 0.2) is 12.1 Å². The smallest absolute Gasteiger partial charge is 0.276 e. The number of nitrogens with zero attached hydrogens (tertiary/aromatic N) is 3. The molecular weight excluding hydrogens is 262 g/mol. The first-order chi connectivity index (χ1) is 9.47. The van der Waals surface area contributed by atoms with Gasteiger partial charge in [0.2, 0.25) is 5.91 Å². The van der Waals surface area contributed by atoms with Gasteiger partial charge in [-0.05, 0) is 19.8 Å². The molecule has 1 amide bonds. The van der Waals surface area contributed by atoms with Crippen molar-refractivity contribution in [3.05, 3.63) is 22.2 Å². The predicted octanol–water partition coefficient (Wildman–Crippen LogP) is 0.995. The highest BCUT2D eigenvalue weighted by Gasteiger charge is 2.23. The fourth-order valence-corrected chi connectivity index (χ4v) is 2.21. The highest BCUT2D eigenvalue weighted by atomic mass is 16.6. The molecule has 0 radical (unpaired) electrons. The normalized spacial score (nSPS) is 15.9. The summed E-state index contributed by atoms with van der Waals surface area (Å²) in [5.74, 6) is 0.244. The van der Waals surface area contributed by atoms with Crippen LogP contribution in [0.3, 0.4) is 0 Å². The van der Waals surface area contributed by atoms with E-state index in [0.29, 0.717) is 0 Å². The van der Waals surface area contributed by atoms with Crippen LogP contribution in [-0.2, 0) is 4.79 Å². The Morgan fingerprint density at radius 2 is 2.15 bits per heavy atom. The number of hydrogen-bond acceptors (Lipinski definition) is 6. The lowest BCUT2D eigenvalue weighted by atomic mass is 10.2. The number of rotatable bonds is 4. The summed E-state index contributed by atoms with van der Waals surface area (Å²) in [5, 5.41) is 13.6. The molecule has 0 bridgehead atoms. The maximum absolute atomic E-state index is 12.1. The van der Waals surface area contributed by atoms with E-state index in [0.717, 1.165) is 25.9 Å². The maximum Gasteiger partial charge on any atom is 0.276 e. The van der Waals surface area contributed by atoms with Crippen molar-refractivity contribution in [3.63, 3.8) is 0 Å². The molecule has 3 N–H and O–H groups in total. The second kappa shape index (κ2) is 5.72. The third-order valence-corrected chi connectivity index (χ3v) is 3.19. The fraction of sp³-hybridized carbons (Fsp3) is 0.500. The quantitative estimate of drug-likeness (QED) is 0.627. The molecule has 2 heterocycles. The second-order valence-corrected chi connectivity index (χ2v) is 4.79. The molecule has 8 heteroatoms. The first kappa shape index (κ1) is 14.0. The molecule has 0 saturated carbocycles. The molecule has 2 rings (SSSR count). The van der Waals surface area contributed by atoms with E-state index in [1.807, 2.05) is 0 Å². The summed E-state index contributed by atoms with van der Waals surface area (Å²) in [6, 6.07) is 1.95. The van der Waals surface area contributed by atoms with Crippen molar-refractivity contribution in [2.24, 2.45) is 0 Å². The van der Waals surface area contributed by atoms with Gasteiger partial charge in [-0.2, -0.15) is 0 Å². The van der Waals surface area contributed by atoms with Crippen molar-refractivity contribution in [1.82, 2.24) is 9.88 Å². The van der Waals surface area contributed by atoms with Gasteiger partial charge in [0.05, 0.1) is 17.1 Å². The molecule has 0 spiro atoms. The summed E-state index contributed by atoms with van der Waals surface area (Å²) in [6.07, 6.45) is 2.03. The van der Waals surface area contributed by atoms with Crippen LogP contribution in [0.2, 0.25) is 0 Å². The average Bonchev–Trinajstić information content (AvgIpc) is 2.90. The highest BCUT2D eigenvalue weighted by molar-refractivity contribution is 5.84. The summed E-state index contributed by atoms with van der Waals surface area (Å²) in [6.45, 7) is 3.22. The largest absolute Gasteiger partial charge is 0.383 e. The van der Waals surface area contributed by atoms with Gasteiger partial charge in [-0.3, -0.25) is 14.9 Å². The van der Waals surface area contributed by atoms with Crippen LogP contribution in [0, 0.1) is 10.1 Å². The molecular formula is C12H17N5O3. The highest BCUT2D eigenvalue weighted by Crippen LogP contribution is 2.20. The molecule has 1 aromatic heterocycles. The van der Waals surface area contributed by atoms with Crippen LogP contribution >= 0.6 is 0 Å². The van der Waals surface area contributed by atoms with E-state index in [4.69, 9.17) is 5.73 Å². The monoisotopic (exact) mass is 279 g/mol. The number of pyridine rings is 1. The van der Waals surface area contributed by atoms with E-state index >= 15 is 0 Å². The Kier molecular flexibility index (Phi) is 4.02. The van der Waals surface area contributed by atoms with Crippen molar-refractivity contribution in [1.29, 1.82) is 0 Å². The summed E-state index contributed by atoms with van der Waals surface area (Å²) in [5.41, 5.74) is 5.37. The summed E-state index contributed by atoms with van der Waals surface area (Å²) in [7, 11) is 0. The number of nitrogen functional groups attached to an aromatic ring is 1. The van der Waals surface area contributed by atoms with E-state index < -0.39 is 11.0 Å². The van der Waals surface area contributed by atoms with Crippen LogP contribution in [0.25, 0.3) is 0 Å². The Morgan fingerprint density at radius 3 is 2.75 bits per heavy atom. The van der Waals surface area contributed by atoms with Crippen LogP contribution in [0.5, 0.6) is 0 Å². The number of aromatic nitrogens is 1. The molecule has 1 aromatic rings. The van der Waals surface area contributed by atoms with E-state index in [-0.39, 0.29) is 23.2 Å². The zero-order valence-electron chi connectivity index (χ0n) is 11.2. The standard InChI is InChI=1S/C12H17N5O3/c1-8(12(18)16-4-2-3-5-16)14-11-7-9(17(19)20)6-10(13)15-11/h6-8H,2-5H2,1H3,(H3,13,14,15). The Bertz CT molecular complexity index is 528. The number of likely N-dealkylation sites (tertiary alicyclic amines) is 1. The number of nitro groups is 1. The fourth-order valence-electron chi connectivity index (χ4n) is 2.21. The predicted molar refractivity (Wildman–Crippen MR) is 74.2 cm³/mol. The first-order valence-corrected chi connectivity index (χ1v) is 6.44. The van der Waals surface area contributed by atoms with Crippen LogP contribution in [-0.4, -0.2) is 39.8 Å². The maximum atomic E-state index is 12.1. The number of carbonyl (C=O) groups excluding carboxylic acids is 1. The lowest BCUT2D eigenvalue weighted by molar-refractivity contribution is -0.384. The molecule has 0 aromatic carbocycles. The van der Waals surface area contributed by atoms with Crippen LogP contribution < -0.4 is 11.1 Å². The van der Waals surface area contributed by atoms with Gasteiger partial charge in [-0.25, -0.2) is 4.98 Å². The SMILES string of the molecule is CC(Nc1cc([N+](=O)[O-])cc(N)n1)C(=O)N1CCCC1. The molecule has 8 nitrogen and oxygen atoms in total. The number of nitrogens with one attached hydrogen (secondary N) is 1. The summed E-state index contributed by atoms with van der Waals surface area (Å²) >= 11 is 0. The zero-order chi connectivity index (χ0) is 14.7. The average molecular weight is 279 g/mol. The van der Waals surface area contributed by atoms with Gasteiger partial charge in [0.1, 0.15) is 17.7 Å². The molecule has 0 aliphatic carbocycles. The number of amides is 1. The number of anilines is 2. The Labute approximate surface area is 116 Å². The Morgan fingerprint density at radius 1 is 1.50 bits per heavy atom. The molecule has 1 fully saturated rings. The minimum absolute atomic E-state index is 0.0330. The van der Waals surface area contributed by atoms with Gasteiger partial charge in [-0.15, -0.1) is 0 Å². The van der Waals surface area contributed by atoms with Crippen molar-refractivity contribution in [2.75, 3.05) is 24.1 Å². The minimum Gasteiger partial charge on any atom is -0.383 e.